The molecule has 0 aromatic rings. The molecule has 0 saturated heterocycles. The van der Waals surface area contributed by atoms with Crippen molar-refractivity contribution < 1.29 is 31.5 Å². The molecule has 0 fully saturated rings. The van der Waals surface area contributed by atoms with Crippen LogP contribution in [0.15, 0.2) is 11.9 Å². The van der Waals surface area contributed by atoms with Crippen LogP contribution in [0.5, 0.6) is 0 Å². The molecule has 0 aliphatic heterocycles. The van der Waals surface area contributed by atoms with E-state index in [0.717, 1.165) is 0 Å². The number of rotatable bonds is 3. The summed E-state index contributed by atoms with van der Waals surface area (Å²) in [4.78, 5) is 10.2. The van der Waals surface area contributed by atoms with Crippen LogP contribution in [0, 0.1) is 0 Å². The van der Waals surface area contributed by atoms with Gasteiger partial charge in [0.1, 0.15) is 0 Å². The van der Waals surface area contributed by atoms with Crippen molar-refractivity contribution in [3.63, 3.8) is 0 Å². The van der Waals surface area contributed by atoms with E-state index in [4.69, 9.17) is 0 Å². The van der Waals surface area contributed by atoms with Crippen molar-refractivity contribution in [3.8, 4) is 0 Å². The molecule has 0 atom stereocenters. The predicted molar refractivity (Wildman–Crippen MR) is 31.9 cm³/mol. The SMILES string of the molecule is CCOC(=O)C(F)(F)C(F)=C(F)F. The molecule has 0 aromatic heterocycles. The average Bonchev–Trinajstić information content (AvgIpc) is 2.03. The molecule has 76 valence electrons. The number of ether oxygens (including phenoxy) is 1. The third kappa shape index (κ3) is 2.67. The molecule has 0 aliphatic rings. The molecular formula is C6H5F5O2. The number of hydrogen-bond donors (Lipinski definition) is 0. The molecule has 13 heavy (non-hydrogen) atoms. The summed E-state index contributed by atoms with van der Waals surface area (Å²) in [6.07, 6.45) is -3.24. The highest BCUT2D eigenvalue weighted by molar-refractivity contribution is 5.80. The number of esters is 1. The molecule has 7 heteroatoms. The lowest BCUT2D eigenvalue weighted by atomic mass is 10.3. The third-order valence-corrected chi connectivity index (χ3v) is 0.973. The van der Waals surface area contributed by atoms with E-state index in [2.05, 4.69) is 4.74 Å². The lowest BCUT2D eigenvalue weighted by Gasteiger charge is -2.10. The van der Waals surface area contributed by atoms with Gasteiger partial charge in [-0.15, -0.1) is 0 Å². The second-order valence-electron chi connectivity index (χ2n) is 1.87. The smallest absolute Gasteiger partial charge is 0.398 e. The molecule has 0 unspecified atom stereocenters. The Bertz CT molecular complexity index is 231. The fourth-order valence-corrected chi connectivity index (χ4v) is 0.430. The topological polar surface area (TPSA) is 26.3 Å². The van der Waals surface area contributed by atoms with E-state index in [0.29, 0.717) is 0 Å². The lowest BCUT2D eigenvalue weighted by molar-refractivity contribution is -0.168. The number of hydrogen-bond acceptors (Lipinski definition) is 2. The second-order valence-corrected chi connectivity index (χ2v) is 1.87. The minimum Gasteiger partial charge on any atom is -0.461 e. The maximum absolute atomic E-state index is 12.3. The first-order valence-electron chi connectivity index (χ1n) is 3.10. The van der Waals surface area contributed by atoms with Gasteiger partial charge >= 0.3 is 18.0 Å². The van der Waals surface area contributed by atoms with E-state index in [1.807, 2.05) is 0 Å². The van der Waals surface area contributed by atoms with Gasteiger partial charge in [-0.1, -0.05) is 0 Å². The van der Waals surface area contributed by atoms with Crippen LogP contribution in [0.4, 0.5) is 22.0 Å². The average molecular weight is 204 g/mol. The molecule has 0 N–H and O–H groups in total. The van der Waals surface area contributed by atoms with Gasteiger partial charge in [0.05, 0.1) is 6.61 Å². The van der Waals surface area contributed by atoms with E-state index in [-0.39, 0.29) is 0 Å². The molecule has 0 heterocycles. The summed E-state index contributed by atoms with van der Waals surface area (Å²) in [5.74, 6) is -10.3. The van der Waals surface area contributed by atoms with Crippen molar-refractivity contribution in [3.05, 3.63) is 11.9 Å². The molecule has 0 saturated carbocycles. The number of halogens is 5. The zero-order valence-corrected chi connectivity index (χ0v) is 6.41. The van der Waals surface area contributed by atoms with Crippen LogP contribution < -0.4 is 0 Å². The summed E-state index contributed by atoms with van der Waals surface area (Å²) in [6.45, 7) is 0.733. The van der Waals surface area contributed by atoms with Gasteiger partial charge in [-0.25, -0.2) is 4.79 Å². The van der Waals surface area contributed by atoms with Crippen molar-refractivity contribution in [1.82, 2.24) is 0 Å². The van der Waals surface area contributed by atoms with Gasteiger partial charge in [0.25, 0.3) is 0 Å². The van der Waals surface area contributed by atoms with Crippen LogP contribution >= 0.6 is 0 Å². The maximum Gasteiger partial charge on any atom is 0.398 e. The summed E-state index contributed by atoms with van der Waals surface area (Å²) in [5.41, 5.74) is 0. The van der Waals surface area contributed by atoms with Gasteiger partial charge < -0.3 is 4.74 Å². The Labute approximate surface area is 70.0 Å². The quantitative estimate of drug-likeness (QED) is 0.520. The van der Waals surface area contributed by atoms with Crippen LogP contribution in [0.3, 0.4) is 0 Å². The van der Waals surface area contributed by atoms with Crippen molar-refractivity contribution in [1.29, 1.82) is 0 Å². The van der Waals surface area contributed by atoms with Crippen LogP contribution in [-0.2, 0) is 9.53 Å². The van der Waals surface area contributed by atoms with Crippen LogP contribution in [0.1, 0.15) is 6.92 Å². The number of carbonyl (C=O) groups excluding carboxylic acids is 1. The summed E-state index contributed by atoms with van der Waals surface area (Å²) >= 11 is 0. The van der Waals surface area contributed by atoms with Crippen LogP contribution in [0.2, 0.25) is 0 Å². The van der Waals surface area contributed by atoms with E-state index in [1.54, 1.807) is 0 Å². The lowest BCUT2D eigenvalue weighted by Crippen LogP contribution is -2.31. The summed E-state index contributed by atoms with van der Waals surface area (Å²) in [6, 6.07) is 0. The molecule has 0 rings (SSSR count). The predicted octanol–water partition coefficient (Wildman–Crippen LogP) is 2.26. The molecule has 0 amide bonds. The Morgan fingerprint density at radius 2 is 1.77 bits per heavy atom. The number of carbonyl (C=O) groups is 1. The zero-order valence-electron chi connectivity index (χ0n) is 6.41. The Morgan fingerprint density at radius 1 is 1.31 bits per heavy atom. The molecule has 0 spiro atoms. The first-order chi connectivity index (χ1) is 5.84. The second kappa shape index (κ2) is 4.20. The van der Waals surface area contributed by atoms with Crippen molar-refractivity contribution >= 4 is 5.97 Å². The van der Waals surface area contributed by atoms with Crippen LogP contribution in [-0.4, -0.2) is 18.5 Å². The van der Waals surface area contributed by atoms with Gasteiger partial charge in [0, 0.05) is 0 Å². The fourth-order valence-electron chi connectivity index (χ4n) is 0.430. The van der Waals surface area contributed by atoms with Crippen molar-refractivity contribution in [2.45, 2.75) is 12.8 Å². The molecule has 2 nitrogen and oxygen atoms in total. The largest absolute Gasteiger partial charge is 0.461 e. The van der Waals surface area contributed by atoms with Gasteiger partial charge in [-0.3, -0.25) is 0 Å². The molecule has 0 radical (unpaired) electrons. The van der Waals surface area contributed by atoms with E-state index in [1.165, 1.54) is 6.92 Å². The fraction of sp³-hybridized carbons (Fsp3) is 0.500. The molecule has 0 bridgehead atoms. The van der Waals surface area contributed by atoms with Crippen molar-refractivity contribution in [2.24, 2.45) is 0 Å². The van der Waals surface area contributed by atoms with Gasteiger partial charge in [0.2, 0.25) is 5.83 Å². The van der Waals surface area contributed by atoms with Gasteiger partial charge in [-0.05, 0) is 6.92 Å². The maximum atomic E-state index is 12.3. The van der Waals surface area contributed by atoms with Gasteiger partial charge in [-0.2, -0.15) is 22.0 Å². The highest BCUT2D eigenvalue weighted by Gasteiger charge is 2.48. The standard InChI is InChI=1S/C6H5F5O2/c1-2-13-5(12)6(10,11)3(7)4(8)9/h2H2,1H3. The minimum atomic E-state index is -4.91. The van der Waals surface area contributed by atoms with E-state index in [9.17, 15) is 26.7 Å². The Morgan fingerprint density at radius 3 is 2.08 bits per heavy atom. The minimum absolute atomic E-state index is 0.449. The van der Waals surface area contributed by atoms with Gasteiger partial charge in [0.15, 0.2) is 0 Å². The highest BCUT2D eigenvalue weighted by atomic mass is 19.3. The van der Waals surface area contributed by atoms with E-state index >= 15 is 0 Å². The highest BCUT2D eigenvalue weighted by Crippen LogP contribution is 2.30. The summed E-state index contributed by atoms with van der Waals surface area (Å²) in [7, 11) is 0. The normalized spacial score (nSPS) is 10.9. The Hall–Kier alpha value is -1.14. The third-order valence-electron chi connectivity index (χ3n) is 0.973. The zero-order chi connectivity index (χ0) is 10.6. The monoisotopic (exact) mass is 204 g/mol. The molecule has 0 aromatic carbocycles. The summed E-state index contributed by atoms with van der Waals surface area (Å²) < 4.78 is 62.8. The first kappa shape index (κ1) is 11.9. The molecular weight excluding hydrogens is 199 g/mol. The molecule has 0 aliphatic carbocycles. The Kier molecular flexibility index (Phi) is 3.83. The van der Waals surface area contributed by atoms with Crippen molar-refractivity contribution in [2.75, 3.05) is 6.61 Å². The first-order valence-corrected chi connectivity index (χ1v) is 3.10. The van der Waals surface area contributed by atoms with E-state index < -0.39 is 30.4 Å². The summed E-state index contributed by atoms with van der Waals surface area (Å²) in [5, 5.41) is 0. The van der Waals surface area contributed by atoms with Crippen LogP contribution in [0.25, 0.3) is 0 Å². The Balaban J connectivity index is 4.76. The number of alkyl halides is 2.